The molecule has 3 aromatic carbocycles. The van der Waals surface area contributed by atoms with Crippen molar-refractivity contribution in [1.29, 1.82) is 0 Å². The molecule has 138 valence electrons. The van der Waals surface area contributed by atoms with Gasteiger partial charge in [-0.25, -0.2) is 0 Å². The van der Waals surface area contributed by atoms with Crippen molar-refractivity contribution in [1.82, 2.24) is 5.32 Å². The molecule has 0 aliphatic heterocycles. The molecule has 1 N–H and O–H groups in total. The van der Waals surface area contributed by atoms with Crippen LogP contribution < -0.4 is 5.32 Å². The number of nitrogens with one attached hydrogen (secondary N) is 1. The summed E-state index contributed by atoms with van der Waals surface area (Å²) in [6.45, 7) is 4.17. The molecule has 2 nitrogen and oxygen atoms in total. The van der Waals surface area contributed by atoms with Crippen LogP contribution in [-0.2, 0) is 10.5 Å². The Morgan fingerprint density at radius 1 is 0.889 bits per heavy atom. The van der Waals surface area contributed by atoms with Gasteiger partial charge in [0.25, 0.3) is 0 Å². The van der Waals surface area contributed by atoms with Crippen LogP contribution in [0.25, 0.3) is 0 Å². The highest BCUT2D eigenvalue weighted by atomic mass is 32.2. The lowest BCUT2D eigenvalue weighted by Gasteiger charge is -2.21. The molecule has 27 heavy (non-hydrogen) atoms. The molecule has 3 aromatic rings. The Morgan fingerprint density at radius 3 is 2.26 bits per heavy atom. The third-order valence-corrected chi connectivity index (χ3v) is 5.56. The number of aryl methyl sites for hydroxylation is 2. The Hall–Kier alpha value is -2.52. The van der Waals surface area contributed by atoms with E-state index in [9.17, 15) is 4.79 Å². The molecule has 0 bridgehead atoms. The highest BCUT2D eigenvalue weighted by Gasteiger charge is 2.18. The topological polar surface area (TPSA) is 29.1 Å². The fourth-order valence-corrected chi connectivity index (χ4v) is 3.84. The van der Waals surface area contributed by atoms with Crippen molar-refractivity contribution in [2.24, 2.45) is 0 Å². The van der Waals surface area contributed by atoms with Crippen molar-refractivity contribution in [3.63, 3.8) is 0 Å². The van der Waals surface area contributed by atoms with E-state index in [1.54, 1.807) is 11.8 Å². The van der Waals surface area contributed by atoms with E-state index in [2.05, 4.69) is 67.7 Å². The molecule has 1 atom stereocenters. The van der Waals surface area contributed by atoms with Crippen LogP contribution in [0.1, 0.15) is 33.9 Å². The van der Waals surface area contributed by atoms with E-state index in [1.165, 1.54) is 16.7 Å². The summed E-state index contributed by atoms with van der Waals surface area (Å²) in [5, 5.41) is 3.23. The quantitative estimate of drug-likeness (QED) is 0.595. The van der Waals surface area contributed by atoms with Crippen LogP contribution >= 0.6 is 11.8 Å². The number of thioether (sulfide) groups is 1. The summed E-state index contributed by atoms with van der Waals surface area (Å²) in [5.41, 5.74) is 5.92. The predicted octanol–water partition coefficient (Wildman–Crippen LogP) is 5.44. The molecule has 0 saturated carbocycles. The molecule has 0 radical (unpaired) electrons. The molecule has 3 heteroatoms. The smallest absolute Gasteiger partial charge is 0.230 e. The maximum atomic E-state index is 12.6. The summed E-state index contributed by atoms with van der Waals surface area (Å²) in [7, 11) is 0. The standard InChI is InChI=1S/C24H25NOS/c1-18-12-14-20(15-13-18)16-27-17-23(26)25-24(21-9-4-3-5-10-21)22-11-7-6-8-19(22)2/h3-15,24H,16-17H2,1-2H3,(H,25,26)/t24-/m1/s1. The molecule has 0 heterocycles. The second-order valence-electron chi connectivity index (χ2n) is 6.75. The summed E-state index contributed by atoms with van der Waals surface area (Å²) in [4.78, 5) is 12.6. The molecule has 3 rings (SSSR count). The lowest BCUT2D eigenvalue weighted by molar-refractivity contribution is -0.119. The number of rotatable bonds is 7. The largest absolute Gasteiger partial charge is 0.344 e. The van der Waals surface area contributed by atoms with E-state index in [0.717, 1.165) is 16.9 Å². The Balaban J connectivity index is 1.66. The van der Waals surface area contributed by atoms with Crippen molar-refractivity contribution in [3.05, 3.63) is 107 Å². The zero-order chi connectivity index (χ0) is 19.1. The normalized spacial score (nSPS) is 11.8. The van der Waals surface area contributed by atoms with Crippen LogP contribution in [0.2, 0.25) is 0 Å². The van der Waals surface area contributed by atoms with Crippen LogP contribution in [0.5, 0.6) is 0 Å². The third-order valence-electron chi connectivity index (χ3n) is 4.56. The zero-order valence-electron chi connectivity index (χ0n) is 15.8. The van der Waals surface area contributed by atoms with Crippen LogP contribution in [0.15, 0.2) is 78.9 Å². The van der Waals surface area contributed by atoms with E-state index < -0.39 is 0 Å². The van der Waals surface area contributed by atoms with Crippen molar-refractivity contribution in [3.8, 4) is 0 Å². The predicted molar refractivity (Wildman–Crippen MR) is 115 cm³/mol. The van der Waals surface area contributed by atoms with Gasteiger partial charge < -0.3 is 5.32 Å². The number of carbonyl (C=O) groups excluding carboxylic acids is 1. The van der Waals surface area contributed by atoms with Gasteiger partial charge in [0.2, 0.25) is 5.91 Å². The van der Waals surface area contributed by atoms with Gasteiger partial charge in [0.15, 0.2) is 0 Å². The van der Waals surface area contributed by atoms with Gasteiger partial charge in [-0.3, -0.25) is 4.79 Å². The molecule has 1 amide bonds. The van der Waals surface area contributed by atoms with Crippen molar-refractivity contribution in [2.75, 3.05) is 5.75 Å². The van der Waals surface area contributed by atoms with Gasteiger partial charge in [0.05, 0.1) is 11.8 Å². The first-order chi connectivity index (χ1) is 13.1. The summed E-state index contributed by atoms with van der Waals surface area (Å²) < 4.78 is 0. The average molecular weight is 376 g/mol. The maximum Gasteiger partial charge on any atom is 0.230 e. The van der Waals surface area contributed by atoms with Crippen LogP contribution in [0.4, 0.5) is 0 Å². The second kappa shape index (κ2) is 9.43. The van der Waals surface area contributed by atoms with Crippen molar-refractivity contribution >= 4 is 17.7 Å². The third kappa shape index (κ3) is 5.48. The monoisotopic (exact) mass is 375 g/mol. The second-order valence-corrected chi connectivity index (χ2v) is 7.73. The molecule has 0 unspecified atom stereocenters. The molecule has 0 saturated heterocycles. The number of amides is 1. The highest BCUT2D eigenvalue weighted by molar-refractivity contribution is 7.99. The Labute approximate surface area is 166 Å². The Morgan fingerprint density at radius 2 is 1.56 bits per heavy atom. The Bertz CT molecular complexity index is 874. The van der Waals surface area contributed by atoms with Crippen LogP contribution in [0, 0.1) is 13.8 Å². The SMILES string of the molecule is Cc1ccc(CSCC(=O)N[C@H](c2ccccc2)c2ccccc2C)cc1. The molecular weight excluding hydrogens is 350 g/mol. The molecule has 0 spiro atoms. The van der Waals surface area contributed by atoms with Crippen molar-refractivity contribution < 1.29 is 4.79 Å². The minimum absolute atomic E-state index is 0.0595. The van der Waals surface area contributed by atoms with E-state index in [-0.39, 0.29) is 11.9 Å². The molecule has 0 aliphatic rings. The first kappa shape index (κ1) is 19.2. The number of hydrogen-bond donors (Lipinski definition) is 1. The fraction of sp³-hybridized carbons (Fsp3) is 0.208. The number of benzene rings is 3. The number of hydrogen-bond acceptors (Lipinski definition) is 2. The van der Waals surface area contributed by atoms with Gasteiger partial charge in [-0.05, 0) is 36.1 Å². The summed E-state index contributed by atoms with van der Waals surface area (Å²) >= 11 is 1.64. The Kier molecular flexibility index (Phi) is 6.72. The first-order valence-electron chi connectivity index (χ1n) is 9.16. The fourth-order valence-electron chi connectivity index (χ4n) is 3.05. The van der Waals surface area contributed by atoms with Crippen LogP contribution in [0.3, 0.4) is 0 Å². The molecule has 0 aromatic heterocycles. The van der Waals surface area contributed by atoms with Gasteiger partial charge in [-0.15, -0.1) is 11.8 Å². The van der Waals surface area contributed by atoms with E-state index in [0.29, 0.717) is 5.75 Å². The van der Waals surface area contributed by atoms with Gasteiger partial charge in [0, 0.05) is 5.75 Å². The van der Waals surface area contributed by atoms with E-state index in [4.69, 9.17) is 0 Å². The zero-order valence-corrected chi connectivity index (χ0v) is 16.6. The first-order valence-corrected chi connectivity index (χ1v) is 10.3. The lowest BCUT2D eigenvalue weighted by atomic mass is 9.95. The average Bonchev–Trinajstić information content (AvgIpc) is 2.69. The van der Waals surface area contributed by atoms with E-state index >= 15 is 0 Å². The molecular formula is C24H25NOS. The van der Waals surface area contributed by atoms with Crippen LogP contribution in [-0.4, -0.2) is 11.7 Å². The highest BCUT2D eigenvalue weighted by Crippen LogP contribution is 2.25. The van der Waals surface area contributed by atoms with Gasteiger partial charge in [-0.2, -0.15) is 0 Å². The maximum absolute atomic E-state index is 12.6. The molecule has 0 aliphatic carbocycles. The summed E-state index contributed by atoms with van der Waals surface area (Å²) in [6, 6.07) is 26.7. The summed E-state index contributed by atoms with van der Waals surface area (Å²) in [6.07, 6.45) is 0. The molecule has 0 fully saturated rings. The van der Waals surface area contributed by atoms with Crippen molar-refractivity contribution in [2.45, 2.75) is 25.6 Å². The number of carbonyl (C=O) groups is 1. The minimum Gasteiger partial charge on any atom is -0.344 e. The van der Waals surface area contributed by atoms with Gasteiger partial charge in [0.1, 0.15) is 0 Å². The summed E-state index contributed by atoms with van der Waals surface area (Å²) in [5.74, 6) is 1.35. The van der Waals surface area contributed by atoms with Gasteiger partial charge >= 0.3 is 0 Å². The lowest BCUT2D eigenvalue weighted by Crippen LogP contribution is -2.31. The van der Waals surface area contributed by atoms with E-state index in [1.807, 2.05) is 30.3 Å². The van der Waals surface area contributed by atoms with Gasteiger partial charge in [-0.1, -0.05) is 84.4 Å². The minimum atomic E-state index is -0.125.